The average Bonchev–Trinajstić information content (AvgIpc) is 2.63. The molecule has 0 unspecified atom stereocenters. The predicted octanol–water partition coefficient (Wildman–Crippen LogP) is 2.03. The Labute approximate surface area is 160 Å². The summed E-state index contributed by atoms with van der Waals surface area (Å²) in [6.07, 6.45) is 3.35. The summed E-state index contributed by atoms with van der Waals surface area (Å²) in [5, 5.41) is 0. The van der Waals surface area contributed by atoms with Crippen molar-refractivity contribution in [2.24, 2.45) is 0 Å². The molecule has 2 aromatic rings. The van der Waals surface area contributed by atoms with Gasteiger partial charge in [0.1, 0.15) is 5.75 Å². The third-order valence-electron chi connectivity index (χ3n) is 4.20. The predicted molar refractivity (Wildman–Crippen MR) is 103 cm³/mol. The molecule has 1 aromatic heterocycles. The first kappa shape index (κ1) is 20.9. The molecule has 146 valence electrons. The van der Waals surface area contributed by atoms with E-state index < -0.39 is 10.0 Å². The first-order valence-electron chi connectivity index (χ1n) is 8.54. The minimum absolute atomic E-state index is 0.118. The summed E-state index contributed by atoms with van der Waals surface area (Å²) in [6, 6.07) is 6.96. The van der Waals surface area contributed by atoms with Gasteiger partial charge in [0.05, 0.1) is 12.0 Å². The number of rotatable bonds is 8. The Balaban J connectivity index is 2.06. The molecule has 0 atom stereocenters. The Morgan fingerprint density at radius 3 is 2.59 bits per heavy atom. The zero-order valence-electron chi connectivity index (χ0n) is 16.0. The number of hydrogen-bond donors (Lipinski definition) is 1. The molecule has 0 fully saturated rings. The topological polar surface area (TPSA) is 88.6 Å². The Kier molecular flexibility index (Phi) is 6.92. The lowest BCUT2D eigenvalue weighted by Gasteiger charge is -2.21. The second-order valence-corrected chi connectivity index (χ2v) is 8.02. The van der Waals surface area contributed by atoms with Crippen LogP contribution in [0.2, 0.25) is 0 Å². The number of aryl methyl sites for hydroxylation is 2. The summed E-state index contributed by atoms with van der Waals surface area (Å²) < 4.78 is 33.1. The molecule has 1 amide bonds. The minimum atomic E-state index is -3.69. The van der Waals surface area contributed by atoms with Crippen molar-refractivity contribution in [3.05, 3.63) is 53.3 Å². The van der Waals surface area contributed by atoms with Gasteiger partial charge in [-0.25, -0.2) is 13.1 Å². The van der Waals surface area contributed by atoms with E-state index in [1.807, 2.05) is 6.07 Å². The number of carbonyl (C=O) groups excluding carboxylic acids is 1. The van der Waals surface area contributed by atoms with E-state index in [4.69, 9.17) is 4.74 Å². The van der Waals surface area contributed by atoms with Crippen molar-refractivity contribution in [2.75, 3.05) is 20.2 Å². The van der Waals surface area contributed by atoms with Gasteiger partial charge in [-0.3, -0.25) is 9.78 Å². The summed E-state index contributed by atoms with van der Waals surface area (Å²) in [4.78, 5) is 17.7. The standard InChI is InChI=1S/C19H25N3O4S/c1-14-11-19(15(2)10-18(14)26-4)27(24,25)21-8-9-22(16(3)23)13-17-6-5-7-20-12-17/h5-7,10-12,21H,8-9,13H2,1-4H3. The van der Waals surface area contributed by atoms with Gasteiger partial charge in [-0.15, -0.1) is 0 Å². The number of sulfonamides is 1. The van der Waals surface area contributed by atoms with Gasteiger partial charge >= 0.3 is 0 Å². The Morgan fingerprint density at radius 1 is 1.26 bits per heavy atom. The van der Waals surface area contributed by atoms with Crippen molar-refractivity contribution >= 4 is 15.9 Å². The number of aromatic nitrogens is 1. The van der Waals surface area contributed by atoms with Crippen LogP contribution in [0.4, 0.5) is 0 Å². The van der Waals surface area contributed by atoms with Crippen LogP contribution in [-0.4, -0.2) is 44.4 Å². The van der Waals surface area contributed by atoms with Gasteiger partial charge in [-0.2, -0.15) is 0 Å². The van der Waals surface area contributed by atoms with Gasteiger partial charge in [-0.05, 0) is 48.7 Å². The lowest BCUT2D eigenvalue weighted by Crippen LogP contribution is -2.37. The van der Waals surface area contributed by atoms with Crippen molar-refractivity contribution in [1.29, 1.82) is 0 Å². The third-order valence-corrected chi connectivity index (χ3v) is 5.80. The maximum absolute atomic E-state index is 12.6. The summed E-state index contributed by atoms with van der Waals surface area (Å²) in [5.41, 5.74) is 2.23. The fourth-order valence-electron chi connectivity index (χ4n) is 2.73. The zero-order valence-corrected chi connectivity index (χ0v) is 16.8. The number of amides is 1. The maximum Gasteiger partial charge on any atom is 0.240 e. The van der Waals surface area contributed by atoms with Gasteiger partial charge in [0.15, 0.2) is 0 Å². The highest BCUT2D eigenvalue weighted by molar-refractivity contribution is 7.89. The molecular weight excluding hydrogens is 366 g/mol. The molecule has 27 heavy (non-hydrogen) atoms. The van der Waals surface area contributed by atoms with Crippen LogP contribution in [0.5, 0.6) is 5.75 Å². The highest BCUT2D eigenvalue weighted by Crippen LogP contribution is 2.25. The number of nitrogens with one attached hydrogen (secondary N) is 1. The summed E-state index contributed by atoms with van der Waals surface area (Å²) in [7, 11) is -2.14. The van der Waals surface area contributed by atoms with E-state index in [1.54, 1.807) is 56.4 Å². The number of carbonyl (C=O) groups is 1. The third kappa shape index (κ3) is 5.51. The molecule has 1 aromatic carbocycles. The molecule has 0 aliphatic rings. The van der Waals surface area contributed by atoms with E-state index in [0.29, 0.717) is 17.9 Å². The fourth-order valence-corrected chi connectivity index (χ4v) is 4.06. The molecular formula is C19H25N3O4S. The smallest absolute Gasteiger partial charge is 0.240 e. The van der Waals surface area contributed by atoms with Gasteiger partial charge < -0.3 is 9.64 Å². The van der Waals surface area contributed by atoms with Gasteiger partial charge in [0.25, 0.3) is 0 Å². The summed E-state index contributed by atoms with van der Waals surface area (Å²) in [5.74, 6) is 0.514. The Hall–Kier alpha value is -2.45. The van der Waals surface area contributed by atoms with Crippen molar-refractivity contribution in [3.63, 3.8) is 0 Å². The normalized spacial score (nSPS) is 11.3. The molecule has 7 nitrogen and oxygen atoms in total. The first-order chi connectivity index (χ1) is 12.7. The van der Waals surface area contributed by atoms with E-state index in [9.17, 15) is 13.2 Å². The van der Waals surface area contributed by atoms with Crippen LogP contribution in [0, 0.1) is 13.8 Å². The minimum Gasteiger partial charge on any atom is -0.496 e. The molecule has 0 saturated carbocycles. The lowest BCUT2D eigenvalue weighted by atomic mass is 10.1. The largest absolute Gasteiger partial charge is 0.496 e. The van der Waals surface area contributed by atoms with Crippen molar-refractivity contribution in [3.8, 4) is 5.75 Å². The van der Waals surface area contributed by atoms with Crippen molar-refractivity contribution < 1.29 is 17.9 Å². The Morgan fingerprint density at radius 2 is 2.00 bits per heavy atom. The highest BCUT2D eigenvalue weighted by Gasteiger charge is 2.19. The van der Waals surface area contributed by atoms with Gasteiger partial charge in [0, 0.05) is 39.0 Å². The van der Waals surface area contributed by atoms with Gasteiger partial charge in [0.2, 0.25) is 15.9 Å². The second-order valence-electron chi connectivity index (χ2n) is 6.29. The molecule has 0 spiro atoms. The molecule has 1 N–H and O–H groups in total. The highest BCUT2D eigenvalue weighted by atomic mass is 32.2. The van der Waals surface area contributed by atoms with Crippen LogP contribution < -0.4 is 9.46 Å². The van der Waals surface area contributed by atoms with Crippen LogP contribution in [0.3, 0.4) is 0 Å². The van der Waals surface area contributed by atoms with E-state index in [2.05, 4.69) is 9.71 Å². The second kappa shape index (κ2) is 8.96. The van der Waals surface area contributed by atoms with Crippen molar-refractivity contribution in [2.45, 2.75) is 32.2 Å². The molecule has 8 heteroatoms. The zero-order chi connectivity index (χ0) is 20.0. The molecule has 0 radical (unpaired) electrons. The number of methoxy groups -OCH3 is 1. The fraction of sp³-hybridized carbons (Fsp3) is 0.368. The van der Waals surface area contributed by atoms with E-state index >= 15 is 0 Å². The SMILES string of the molecule is COc1cc(C)c(S(=O)(=O)NCCN(Cc2cccnc2)C(C)=O)cc1C. The van der Waals surface area contributed by atoms with Crippen molar-refractivity contribution in [1.82, 2.24) is 14.6 Å². The van der Waals surface area contributed by atoms with E-state index in [0.717, 1.165) is 11.1 Å². The quantitative estimate of drug-likeness (QED) is 0.744. The van der Waals surface area contributed by atoms with E-state index in [1.165, 1.54) is 6.92 Å². The number of nitrogens with zero attached hydrogens (tertiary/aromatic N) is 2. The maximum atomic E-state index is 12.6. The van der Waals surface area contributed by atoms with Crippen LogP contribution in [0.15, 0.2) is 41.6 Å². The lowest BCUT2D eigenvalue weighted by molar-refractivity contribution is -0.129. The molecule has 0 aliphatic carbocycles. The molecule has 0 bridgehead atoms. The number of benzene rings is 1. The molecule has 2 rings (SSSR count). The monoisotopic (exact) mass is 391 g/mol. The summed E-state index contributed by atoms with van der Waals surface area (Å²) >= 11 is 0. The first-order valence-corrected chi connectivity index (χ1v) is 10.0. The van der Waals surface area contributed by atoms with E-state index in [-0.39, 0.29) is 23.9 Å². The van der Waals surface area contributed by atoms with Crippen LogP contribution >= 0.6 is 0 Å². The molecule has 0 aliphatic heterocycles. The number of ether oxygens (including phenoxy) is 1. The molecule has 0 saturated heterocycles. The average molecular weight is 391 g/mol. The molecule has 1 heterocycles. The van der Waals surface area contributed by atoms with Crippen LogP contribution in [0.1, 0.15) is 23.6 Å². The summed E-state index contributed by atoms with van der Waals surface area (Å²) in [6.45, 7) is 5.74. The number of pyridine rings is 1. The Bertz CT molecular complexity index is 899. The number of hydrogen-bond acceptors (Lipinski definition) is 5. The van der Waals surface area contributed by atoms with Crippen LogP contribution in [0.25, 0.3) is 0 Å². The van der Waals surface area contributed by atoms with Crippen LogP contribution in [-0.2, 0) is 21.4 Å². The van der Waals surface area contributed by atoms with Gasteiger partial charge in [-0.1, -0.05) is 6.07 Å².